The summed E-state index contributed by atoms with van der Waals surface area (Å²) in [6.07, 6.45) is 9.39. The number of aryl methyl sites for hydroxylation is 1. The molecular formula is C18H27NO. The third-order valence-corrected chi connectivity index (χ3v) is 5.21. The van der Waals surface area contributed by atoms with Crippen LogP contribution in [0.15, 0.2) is 18.2 Å². The van der Waals surface area contributed by atoms with Crippen molar-refractivity contribution in [3.05, 3.63) is 29.3 Å². The van der Waals surface area contributed by atoms with E-state index in [0.29, 0.717) is 12.1 Å². The number of hydrogen-bond donors (Lipinski definition) is 1. The standard InChI is InChI=1S/C18H27NO/c1-13-6-4-3-5-7-17(13)19-18-11-9-14-8-10-15(20-2)12-16(14)18/h8,10,12-13,17-19H,3-7,9,11H2,1-2H3. The summed E-state index contributed by atoms with van der Waals surface area (Å²) in [5, 5.41) is 3.96. The van der Waals surface area contributed by atoms with Crippen LogP contribution in [0, 0.1) is 5.92 Å². The molecule has 0 radical (unpaired) electrons. The molecule has 3 unspecified atom stereocenters. The quantitative estimate of drug-likeness (QED) is 0.832. The van der Waals surface area contributed by atoms with E-state index < -0.39 is 0 Å². The summed E-state index contributed by atoms with van der Waals surface area (Å²) in [4.78, 5) is 0. The lowest BCUT2D eigenvalue weighted by Gasteiger charge is -2.27. The lowest BCUT2D eigenvalue weighted by molar-refractivity contribution is 0.320. The first kappa shape index (κ1) is 13.9. The second-order valence-electron chi connectivity index (χ2n) is 6.54. The average Bonchev–Trinajstić information content (AvgIpc) is 2.75. The highest BCUT2D eigenvalue weighted by Gasteiger charge is 2.28. The smallest absolute Gasteiger partial charge is 0.119 e. The number of benzene rings is 1. The molecule has 0 aliphatic heterocycles. The normalized spacial score (nSPS) is 29.8. The van der Waals surface area contributed by atoms with Crippen molar-refractivity contribution >= 4 is 0 Å². The van der Waals surface area contributed by atoms with Crippen LogP contribution in [0.5, 0.6) is 5.75 Å². The number of fused-ring (bicyclic) bond motifs is 1. The third-order valence-electron chi connectivity index (χ3n) is 5.21. The summed E-state index contributed by atoms with van der Waals surface area (Å²) in [5.74, 6) is 1.80. The minimum absolute atomic E-state index is 0.533. The van der Waals surface area contributed by atoms with Crippen LogP contribution in [0.1, 0.15) is 62.6 Å². The molecule has 1 N–H and O–H groups in total. The molecule has 0 aromatic heterocycles. The molecular weight excluding hydrogens is 246 g/mol. The third kappa shape index (κ3) is 2.85. The van der Waals surface area contributed by atoms with Gasteiger partial charge < -0.3 is 10.1 Å². The highest BCUT2D eigenvalue weighted by Crippen LogP contribution is 2.35. The molecule has 1 fully saturated rings. The summed E-state index contributed by atoms with van der Waals surface area (Å²) in [5.41, 5.74) is 2.98. The minimum Gasteiger partial charge on any atom is -0.497 e. The average molecular weight is 273 g/mol. The van der Waals surface area contributed by atoms with Crippen molar-refractivity contribution in [2.45, 2.75) is 64.0 Å². The van der Waals surface area contributed by atoms with Crippen molar-refractivity contribution in [2.75, 3.05) is 7.11 Å². The Labute approximate surface area is 122 Å². The van der Waals surface area contributed by atoms with E-state index in [1.54, 1.807) is 7.11 Å². The molecule has 1 saturated carbocycles. The molecule has 0 heterocycles. The lowest BCUT2D eigenvalue weighted by Crippen LogP contribution is -2.36. The Balaban J connectivity index is 1.73. The van der Waals surface area contributed by atoms with Crippen LogP contribution in [-0.4, -0.2) is 13.2 Å². The molecule has 2 nitrogen and oxygen atoms in total. The van der Waals surface area contributed by atoms with Gasteiger partial charge in [0.15, 0.2) is 0 Å². The monoisotopic (exact) mass is 273 g/mol. The van der Waals surface area contributed by atoms with Crippen LogP contribution in [-0.2, 0) is 6.42 Å². The first-order valence-corrected chi connectivity index (χ1v) is 8.21. The zero-order valence-electron chi connectivity index (χ0n) is 12.8. The highest BCUT2D eigenvalue weighted by molar-refractivity contribution is 5.40. The lowest BCUT2D eigenvalue weighted by atomic mass is 9.95. The molecule has 0 saturated heterocycles. The molecule has 3 rings (SSSR count). The molecule has 20 heavy (non-hydrogen) atoms. The van der Waals surface area contributed by atoms with Gasteiger partial charge in [0.25, 0.3) is 0 Å². The second kappa shape index (κ2) is 6.17. The van der Waals surface area contributed by atoms with E-state index in [2.05, 4.69) is 30.4 Å². The maximum absolute atomic E-state index is 5.39. The maximum atomic E-state index is 5.39. The van der Waals surface area contributed by atoms with Crippen LogP contribution >= 0.6 is 0 Å². The fraction of sp³-hybridized carbons (Fsp3) is 0.667. The van der Waals surface area contributed by atoms with Crippen LogP contribution in [0.3, 0.4) is 0 Å². The van der Waals surface area contributed by atoms with Gasteiger partial charge in [-0.25, -0.2) is 0 Å². The van der Waals surface area contributed by atoms with E-state index in [-0.39, 0.29) is 0 Å². The molecule has 2 aliphatic rings. The number of ether oxygens (including phenoxy) is 1. The predicted molar refractivity (Wildman–Crippen MR) is 83.2 cm³/mol. The summed E-state index contributed by atoms with van der Waals surface area (Å²) < 4.78 is 5.39. The van der Waals surface area contributed by atoms with Gasteiger partial charge in [0.05, 0.1) is 7.11 Å². The van der Waals surface area contributed by atoms with Gasteiger partial charge in [0.1, 0.15) is 5.75 Å². The van der Waals surface area contributed by atoms with E-state index in [9.17, 15) is 0 Å². The number of methoxy groups -OCH3 is 1. The largest absolute Gasteiger partial charge is 0.497 e. The maximum Gasteiger partial charge on any atom is 0.119 e. The van der Waals surface area contributed by atoms with Crippen LogP contribution in [0.25, 0.3) is 0 Å². The summed E-state index contributed by atoms with van der Waals surface area (Å²) >= 11 is 0. The Hall–Kier alpha value is -1.02. The molecule has 0 spiro atoms. The molecule has 3 atom stereocenters. The van der Waals surface area contributed by atoms with Crippen LogP contribution in [0.4, 0.5) is 0 Å². The van der Waals surface area contributed by atoms with Crippen LogP contribution < -0.4 is 10.1 Å². The number of nitrogens with one attached hydrogen (secondary N) is 1. The zero-order valence-corrected chi connectivity index (χ0v) is 12.8. The van der Waals surface area contributed by atoms with Gasteiger partial charge >= 0.3 is 0 Å². The summed E-state index contributed by atoms with van der Waals surface area (Å²) in [6, 6.07) is 7.80. The summed E-state index contributed by atoms with van der Waals surface area (Å²) in [6.45, 7) is 2.42. The van der Waals surface area contributed by atoms with E-state index >= 15 is 0 Å². The fourth-order valence-electron chi connectivity index (χ4n) is 3.88. The first-order chi connectivity index (χ1) is 9.78. The van der Waals surface area contributed by atoms with Gasteiger partial charge in [-0.15, -0.1) is 0 Å². The topological polar surface area (TPSA) is 21.3 Å². The number of rotatable bonds is 3. The Morgan fingerprint density at radius 3 is 2.80 bits per heavy atom. The van der Waals surface area contributed by atoms with Crippen molar-refractivity contribution in [1.29, 1.82) is 0 Å². The molecule has 1 aromatic rings. The Morgan fingerprint density at radius 1 is 1.10 bits per heavy atom. The van der Waals surface area contributed by atoms with Crippen molar-refractivity contribution in [2.24, 2.45) is 5.92 Å². The first-order valence-electron chi connectivity index (χ1n) is 8.21. The van der Waals surface area contributed by atoms with Gasteiger partial charge in [-0.1, -0.05) is 32.3 Å². The van der Waals surface area contributed by atoms with Gasteiger partial charge in [0, 0.05) is 12.1 Å². The Kier molecular flexibility index (Phi) is 4.30. The molecule has 0 amide bonds. The van der Waals surface area contributed by atoms with Gasteiger partial charge in [-0.2, -0.15) is 0 Å². The zero-order chi connectivity index (χ0) is 13.9. The SMILES string of the molecule is COc1ccc2c(c1)C(NC1CCCCCC1C)CC2. The predicted octanol–water partition coefficient (Wildman–Crippen LogP) is 4.24. The highest BCUT2D eigenvalue weighted by atomic mass is 16.5. The van der Waals surface area contributed by atoms with Gasteiger partial charge in [-0.3, -0.25) is 0 Å². The molecule has 2 aliphatic carbocycles. The minimum atomic E-state index is 0.533. The molecule has 1 aromatic carbocycles. The van der Waals surface area contributed by atoms with E-state index in [1.807, 2.05) is 0 Å². The second-order valence-corrected chi connectivity index (χ2v) is 6.54. The molecule has 2 heteroatoms. The molecule has 110 valence electrons. The Morgan fingerprint density at radius 2 is 1.95 bits per heavy atom. The fourth-order valence-corrected chi connectivity index (χ4v) is 3.88. The summed E-state index contributed by atoms with van der Waals surface area (Å²) in [7, 11) is 1.76. The Bertz CT molecular complexity index is 457. The van der Waals surface area contributed by atoms with Crippen LogP contribution in [0.2, 0.25) is 0 Å². The molecule has 0 bridgehead atoms. The van der Waals surface area contributed by atoms with E-state index in [4.69, 9.17) is 4.74 Å². The van der Waals surface area contributed by atoms with Gasteiger partial charge in [0.2, 0.25) is 0 Å². The van der Waals surface area contributed by atoms with Crippen molar-refractivity contribution in [3.8, 4) is 5.75 Å². The van der Waals surface area contributed by atoms with E-state index in [0.717, 1.165) is 11.7 Å². The van der Waals surface area contributed by atoms with E-state index in [1.165, 1.54) is 56.1 Å². The van der Waals surface area contributed by atoms with Crippen molar-refractivity contribution in [1.82, 2.24) is 5.32 Å². The van der Waals surface area contributed by atoms with Crippen molar-refractivity contribution in [3.63, 3.8) is 0 Å². The van der Waals surface area contributed by atoms with Gasteiger partial charge in [-0.05, 0) is 54.9 Å². The number of hydrogen-bond acceptors (Lipinski definition) is 2. The van der Waals surface area contributed by atoms with Crippen molar-refractivity contribution < 1.29 is 4.74 Å².